The van der Waals surface area contributed by atoms with Crippen molar-refractivity contribution in [2.75, 3.05) is 44.3 Å². The first kappa shape index (κ1) is 21.8. The molecule has 8 heteroatoms. The summed E-state index contributed by atoms with van der Waals surface area (Å²) in [4.78, 5) is 33.9. The third kappa shape index (κ3) is 5.25. The molecule has 2 atom stereocenters. The standard InChI is InChI=1S/C23H33N5O3/c1-16-4-6-20(7-5-16)28-21(29)12-24-22(25-28)23(30)27-10-8-19(9-11-27)15-26-13-17(2)31-18(3)14-26/h4-7,17-19H,8-15H2,1-3H3,(H,24,25). The average molecular weight is 428 g/mol. The molecule has 3 heterocycles. The van der Waals surface area contributed by atoms with Gasteiger partial charge < -0.3 is 9.64 Å². The summed E-state index contributed by atoms with van der Waals surface area (Å²) in [5.41, 5.74) is 4.77. The molecule has 2 fully saturated rings. The van der Waals surface area contributed by atoms with Crippen molar-refractivity contribution in [3.05, 3.63) is 29.8 Å². The van der Waals surface area contributed by atoms with Gasteiger partial charge in [-0.3, -0.25) is 24.9 Å². The molecule has 2 saturated heterocycles. The van der Waals surface area contributed by atoms with Crippen molar-refractivity contribution >= 4 is 23.3 Å². The zero-order chi connectivity index (χ0) is 22.0. The molecule has 3 aliphatic heterocycles. The fourth-order valence-electron chi connectivity index (χ4n) is 4.71. The van der Waals surface area contributed by atoms with Gasteiger partial charge in [-0.25, -0.2) is 5.01 Å². The van der Waals surface area contributed by atoms with E-state index in [1.165, 1.54) is 5.01 Å². The summed E-state index contributed by atoms with van der Waals surface area (Å²) < 4.78 is 5.83. The summed E-state index contributed by atoms with van der Waals surface area (Å²) in [6.07, 6.45) is 2.53. The minimum atomic E-state index is -0.173. The van der Waals surface area contributed by atoms with E-state index in [1.54, 1.807) is 0 Å². The highest BCUT2D eigenvalue weighted by atomic mass is 16.5. The topological polar surface area (TPSA) is 77.5 Å². The predicted molar refractivity (Wildman–Crippen MR) is 120 cm³/mol. The Labute approximate surface area is 184 Å². The Morgan fingerprint density at radius 3 is 2.42 bits per heavy atom. The number of aryl methyl sites for hydroxylation is 1. The lowest BCUT2D eigenvalue weighted by atomic mass is 9.95. The van der Waals surface area contributed by atoms with Crippen LogP contribution < -0.4 is 10.4 Å². The van der Waals surface area contributed by atoms with Crippen LogP contribution >= 0.6 is 0 Å². The largest absolute Gasteiger partial charge is 0.373 e. The van der Waals surface area contributed by atoms with Crippen LogP contribution in [0.2, 0.25) is 0 Å². The monoisotopic (exact) mass is 427 g/mol. The van der Waals surface area contributed by atoms with Crippen LogP contribution in [0.15, 0.2) is 29.3 Å². The van der Waals surface area contributed by atoms with Crippen LogP contribution in [-0.4, -0.2) is 78.9 Å². The van der Waals surface area contributed by atoms with Crippen LogP contribution in [0.25, 0.3) is 0 Å². The number of amides is 2. The van der Waals surface area contributed by atoms with Crippen molar-refractivity contribution in [1.82, 2.24) is 15.2 Å². The summed E-state index contributed by atoms with van der Waals surface area (Å²) in [5, 5.41) is 1.42. The van der Waals surface area contributed by atoms with Crippen molar-refractivity contribution in [2.45, 2.75) is 45.8 Å². The minimum absolute atomic E-state index is 0.0220. The highest BCUT2D eigenvalue weighted by Gasteiger charge is 2.32. The van der Waals surface area contributed by atoms with Gasteiger partial charge in [0.1, 0.15) is 6.54 Å². The number of likely N-dealkylation sites (tertiary alicyclic amines) is 1. The molecule has 2 unspecified atom stereocenters. The summed E-state index contributed by atoms with van der Waals surface area (Å²) in [6.45, 7) is 10.7. The smallest absolute Gasteiger partial charge is 0.290 e. The van der Waals surface area contributed by atoms with Gasteiger partial charge in [0.2, 0.25) is 5.84 Å². The fraction of sp³-hybridized carbons (Fsp3) is 0.609. The van der Waals surface area contributed by atoms with Gasteiger partial charge in [0.25, 0.3) is 11.8 Å². The van der Waals surface area contributed by atoms with Crippen LogP contribution in [0.1, 0.15) is 32.3 Å². The van der Waals surface area contributed by atoms with Crippen LogP contribution in [0.5, 0.6) is 0 Å². The van der Waals surface area contributed by atoms with Crippen LogP contribution in [-0.2, 0) is 14.3 Å². The Bertz CT molecular complexity index is 822. The molecule has 31 heavy (non-hydrogen) atoms. The van der Waals surface area contributed by atoms with Crippen molar-refractivity contribution in [1.29, 1.82) is 0 Å². The lowest BCUT2D eigenvalue weighted by molar-refractivity contribution is -0.126. The number of anilines is 1. The molecular formula is C23H33N5O3. The molecule has 1 aromatic rings. The Kier molecular flexibility index (Phi) is 6.57. The molecule has 4 rings (SSSR count). The summed E-state index contributed by atoms with van der Waals surface area (Å²) in [7, 11) is 0. The summed E-state index contributed by atoms with van der Waals surface area (Å²) >= 11 is 0. The third-order valence-corrected chi connectivity index (χ3v) is 6.25. The van der Waals surface area contributed by atoms with Crippen LogP contribution in [0.4, 0.5) is 5.69 Å². The Morgan fingerprint density at radius 1 is 1.13 bits per heavy atom. The van der Waals surface area contributed by atoms with Crippen LogP contribution in [0, 0.1) is 12.8 Å². The van der Waals surface area contributed by atoms with Gasteiger partial charge in [0.15, 0.2) is 0 Å². The first-order valence-electron chi connectivity index (χ1n) is 11.3. The second-order valence-electron chi connectivity index (χ2n) is 9.05. The van der Waals surface area contributed by atoms with E-state index < -0.39 is 0 Å². The van der Waals surface area contributed by atoms with E-state index in [9.17, 15) is 9.59 Å². The van der Waals surface area contributed by atoms with E-state index in [4.69, 9.17) is 4.74 Å². The maximum absolute atomic E-state index is 13.0. The van der Waals surface area contributed by atoms with Gasteiger partial charge in [-0.2, -0.15) is 0 Å². The zero-order valence-electron chi connectivity index (χ0n) is 18.7. The molecule has 1 N–H and O–H groups in total. The van der Waals surface area contributed by atoms with E-state index in [-0.39, 0.29) is 36.4 Å². The molecular weight excluding hydrogens is 394 g/mol. The maximum atomic E-state index is 13.0. The number of nitrogens with zero attached hydrogens (tertiary/aromatic N) is 4. The number of carbonyl (C=O) groups is 2. The Hall–Kier alpha value is -2.45. The number of hydrazine groups is 1. The van der Waals surface area contributed by atoms with Gasteiger partial charge >= 0.3 is 0 Å². The van der Waals surface area contributed by atoms with E-state index in [0.717, 1.165) is 51.1 Å². The highest BCUT2D eigenvalue weighted by molar-refractivity contribution is 6.39. The lowest BCUT2D eigenvalue weighted by Gasteiger charge is -2.39. The molecule has 0 saturated carbocycles. The zero-order valence-corrected chi connectivity index (χ0v) is 18.7. The lowest BCUT2D eigenvalue weighted by Crippen LogP contribution is -2.57. The van der Waals surface area contributed by atoms with Crippen molar-refractivity contribution in [3.63, 3.8) is 0 Å². The molecule has 0 bridgehead atoms. The van der Waals surface area contributed by atoms with Gasteiger partial charge in [0.05, 0.1) is 17.9 Å². The first-order chi connectivity index (χ1) is 14.9. The number of aliphatic imine (C=N–C) groups is 1. The fourth-order valence-corrected chi connectivity index (χ4v) is 4.71. The van der Waals surface area contributed by atoms with E-state index in [2.05, 4.69) is 29.2 Å². The number of hydrogen-bond acceptors (Lipinski definition) is 6. The number of piperidine rings is 1. The quantitative estimate of drug-likeness (QED) is 0.790. The number of hydrogen-bond donors (Lipinski definition) is 1. The molecule has 1 aromatic carbocycles. The number of nitrogens with one attached hydrogen (secondary N) is 1. The minimum Gasteiger partial charge on any atom is -0.373 e. The molecule has 0 spiro atoms. The van der Waals surface area contributed by atoms with E-state index in [1.807, 2.05) is 36.1 Å². The molecule has 0 radical (unpaired) electrons. The van der Waals surface area contributed by atoms with Crippen molar-refractivity contribution in [2.24, 2.45) is 10.9 Å². The van der Waals surface area contributed by atoms with Gasteiger partial charge in [-0.1, -0.05) is 17.7 Å². The molecule has 168 valence electrons. The summed E-state index contributed by atoms with van der Waals surface area (Å²) in [6, 6.07) is 7.62. The Morgan fingerprint density at radius 2 is 1.77 bits per heavy atom. The van der Waals surface area contributed by atoms with Gasteiger partial charge in [0, 0.05) is 32.7 Å². The SMILES string of the molecule is Cc1ccc(N2NC(C(=O)N3CCC(CN4CC(C)OC(C)C4)CC3)=NCC2=O)cc1. The normalized spacial score (nSPS) is 25.9. The average Bonchev–Trinajstić information content (AvgIpc) is 2.74. The number of ether oxygens (including phenoxy) is 1. The van der Waals surface area contributed by atoms with Crippen molar-refractivity contribution in [3.8, 4) is 0 Å². The first-order valence-corrected chi connectivity index (χ1v) is 11.3. The Balaban J connectivity index is 1.31. The number of rotatable bonds is 4. The highest BCUT2D eigenvalue weighted by Crippen LogP contribution is 2.22. The number of amidine groups is 1. The molecule has 0 aromatic heterocycles. The van der Waals surface area contributed by atoms with Crippen LogP contribution in [0.3, 0.4) is 0 Å². The second-order valence-corrected chi connectivity index (χ2v) is 9.05. The predicted octanol–water partition coefficient (Wildman–Crippen LogP) is 1.59. The second kappa shape index (κ2) is 9.36. The van der Waals surface area contributed by atoms with Gasteiger partial charge in [-0.05, 0) is 51.7 Å². The molecule has 2 amide bonds. The van der Waals surface area contributed by atoms with Crippen molar-refractivity contribution < 1.29 is 14.3 Å². The molecule has 8 nitrogen and oxygen atoms in total. The number of carbonyl (C=O) groups excluding carboxylic acids is 2. The molecule has 3 aliphatic rings. The maximum Gasteiger partial charge on any atom is 0.290 e. The number of benzene rings is 1. The third-order valence-electron chi connectivity index (χ3n) is 6.25. The van der Waals surface area contributed by atoms with Gasteiger partial charge in [-0.15, -0.1) is 0 Å². The summed E-state index contributed by atoms with van der Waals surface area (Å²) in [5.74, 6) is 0.535. The van der Waals surface area contributed by atoms with E-state index >= 15 is 0 Å². The molecule has 0 aliphatic carbocycles. The van der Waals surface area contributed by atoms with E-state index in [0.29, 0.717) is 11.6 Å². The number of morpholine rings is 1.